The Morgan fingerprint density at radius 3 is 2.20 bits per heavy atom. The van der Waals surface area contributed by atoms with Crippen LogP contribution in [0, 0.1) is 50.7 Å². The molecule has 2 N–H and O–H groups in total. The number of ether oxygens (including phenoxy) is 2. The highest BCUT2D eigenvalue weighted by Crippen LogP contribution is 2.90. The van der Waals surface area contributed by atoms with Gasteiger partial charge in [-0.1, -0.05) is 40.5 Å². The summed E-state index contributed by atoms with van der Waals surface area (Å²) in [4.78, 5) is 13.5. The number of rotatable bonds is 5. The number of carbonyl (C=O) groups is 1. The number of aliphatic hydroxyl groups is 2. The molecular formula is C37H58F2O5. The van der Waals surface area contributed by atoms with Crippen LogP contribution in [0.5, 0.6) is 0 Å². The molecular weight excluding hydrogens is 562 g/mol. The van der Waals surface area contributed by atoms with Gasteiger partial charge in [0.15, 0.2) is 0 Å². The van der Waals surface area contributed by atoms with E-state index in [1.54, 1.807) is 27.7 Å². The highest BCUT2D eigenvalue weighted by molar-refractivity contribution is 5.70. The monoisotopic (exact) mass is 620 g/mol. The van der Waals surface area contributed by atoms with Crippen LogP contribution in [0.2, 0.25) is 0 Å². The van der Waals surface area contributed by atoms with Gasteiger partial charge in [-0.15, -0.1) is 0 Å². The number of esters is 1. The molecule has 7 rings (SSSR count). The van der Waals surface area contributed by atoms with Gasteiger partial charge < -0.3 is 19.7 Å². The van der Waals surface area contributed by atoms with Crippen LogP contribution in [0.3, 0.4) is 0 Å². The minimum Gasteiger partial charge on any atom is -0.462 e. The van der Waals surface area contributed by atoms with Gasteiger partial charge in [-0.25, -0.2) is 8.78 Å². The summed E-state index contributed by atoms with van der Waals surface area (Å²) in [7, 11) is 0. The van der Waals surface area contributed by atoms with Crippen LogP contribution >= 0.6 is 0 Å². The molecule has 7 heteroatoms. The molecule has 0 aromatic carbocycles. The summed E-state index contributed by atoms with van der Waals surface area (Å²) in [6.07, 6.45) is 9.49. The predicted octanol–water partition coefficient (Wildman–Crippen LogP) is 7.84. The van der Waals surface area contributed by atoms with Gasteiger partial charge in [-0.05, 0) is 118 Å². The van der Waals surface area contributed by atoms with Crippen LogP contribution in [0.4, 0.5) is 8.78 Å². The number of hydrogen-bond acceptors (Lipinski definition) is 5. The summed E-state index contributed by atoms with van der Waals surface area (Å²) >= 11 is 0. The number of alkyl halides is 2. The van der Waals surface area contributed by atoms with E-state index < -0.39 is 34.7 Å². The molecule has 7 fully saturated rings. The molecule has 0 amide bonds. The SMILES string of the molecule is CC(C)(O)[C@@H]1CC[C@@](C)([C@H]2[C@@H](O)C[C@@]3(C)[C@@H]4C[C@H](OC(=O)CC5CCCC5)[C@H]5C(C)(C)C(F)(F)CC[C@@]56C[C@@]46CC[C@]23C)O1. The topological polar surface area (TPSA) is 76.0 Å². The van der Waals surface area contributed by atoms with Crippen molar-refractivity contribution < 1.29 is 33.3 Å². The molecule has 6 aliphatic carbocycles. The van der Waals surface area contributed by atoms with Crippen molar-refractivity contribution in [3.8, 4) is 0 Å². The van der Waals surface area contributed by atoms with Crippen LogP contribution < -0.4 is 0 Å². The van der Waals surface area contributed by atoms with E-state index in [0.717, 1.165) is 57.8 Å². The van der Waals surface area contributed by atoms with E-state index in [1.165, 1.54) is 0 Å². The van der Waals surface area contributed by atoms with Crippen LogP contribution in [-0.4, -0.2) is 51.6 Å². The number of aliphatic hydroxyl groups excluding tert-OH is 1. The average Bonchev–Trinajstić information content (AvgIpc) is 3.22. The van der Waals surface area contributed by atoms with E-state index in [-0.39, 0.29) is 57.9 Å². The molecule has 7 aliphatic rings. The molecule has 0 radical (unpaired) electrons. The minimum atomic E-state index is -2.80. The van der Waals surface area contributed by atoms with Crippen LogP contribution in [-0.2, 0) is 14.3 Å². The fraction of sp³-hybridized carbons (Fsp3) is 0.973. The lowest BCUT2D eigenvalue weighted by Crippen LogP contribution is -2.64. The average molecular weight is 621 g/mol. The van der Waals surface area contributed by atoms with E-state index in [9.17, 15) is 15.0 Å². The molecule has 44 heavy (non-hydrogen) atoms. The zero-order valence-corrected chi connectivity index (χ0v) is 28.3. The first-order valence-corrected chi connectivity index (χ1v) is 17.9. The third-order valence-corrected chi connectivity index (χ3v) is 16.0. The quantitative estimate of drug-likeness (QED) is 0.306. The maximum absolute atomic E-state index is 15.8. The first kappa shape index (κ1) is 31.8. The summed E-state index contributed by atoms with van der Waals surface area (Å²) in [5.41, 5.74) is -3.52. The van der Waals surface area contributed by atoms with Gasteiger partial charge in [-0.2, -0.15) is 0 Å². The van der Waals surface area contributed by atoms with Crippen molar-refractivity contribution in [1.29, 1.82) is 0 Å². The zero-order chi connectivity index (χ0) is 31.9. The second-order valence-corrected chi connectivity index (χ2v) is 18.8. The molecule has 11 atom stereocenters. The van der Waals surface area contributed by atoms with E-state index >= 15 is 8.78 Å². The van der Waals surface area contributed by atoms with Gasteiger partial charge >= 0.3 is 5.97 Å². The summed E-state index contributed by atoms with van der Waals surface area (Å²) in [6.45, 7) is 13.9. The van der Waals surface area contributed by atoms with E-state index in [0.29, 0.717) is 31.6 Å². The van der Waals surface area contributed by atoms with Gasteiger partial charge in [0.2, 0.25) is 0 Å². The number of hydrogen-bond donors (Lipinski definition) is 2. The molecule has 2 spiro atoms. The fourth-order valence-corrected chi connectivity index (χ4v) is 13.8. The van der Waals surface area contributed by atoms with Crippen molar-refractivity contribution in [3.05, 3.63) is 0 Å². The number of fused-ring (bicyclic) bond motifs is 2. The summed E-state index contributed by atoms with van der Waals surface area (Å²) in [6, 6.07) is 0. The van der Waals surface area contributed by atoms with Crippen LogP contribution in [0.25, 0.3) is 0 Å². The third-order valence-electron chi connectivity index (χ3n) is 16.0. The van der Waals surface area contributed by atoms with Gasteiger partial charge in [0, 0.05) is 30.1 Å². The molecule has 1 saturated heterocycles. The van der Waals surface area contributed by atoms with Crippen molar-refractivity contribution in [2.45, 2.75) is 174 Å². The summed E-state index contributed by atoms with van der Waals surface area (Å²) < 4.78 is 44.7. The predicted molar refractivity (Wildman–Crippen MR) is 164 cm³/mol. The lowest BCUT2D eigenvalue weighted by atomic mass is 9.41. The molecule has 5 nitrogen and oxygen atoms in total. The van der Waals surface area contributed by atoms with Crippen molar-refractivity contribution in [1.82, 2.24) is 0 Å². The fourth-order valence-electron chi connectivity index (χ4n) is 13.8. The Morgan fingerprint density at radius 2 is 1.57 bits per heavy atom. The Morgan fingerprint density at radius 1 is 0.909 bits per heavy atom. The van der Waals surface area contributed by atoms with Gasteiger partial charge in [-0.3, -0.25) is 4.79 Å². The zero-order valence-electron chi connectivity index (χ0n) is 28.3. The number of carbonyl (C=O) groups excluding carboxylic acids is 1. The van der Waals surface area contributed by atoms with Crippen molar-refractivity contribution in [2.75, 3.05) is 0 Å². The second kappa shape index (κ2) is 9.43. The number of halogens is 2. The molecule has 0 bridgehead atoms. The molecule has 1 aliphatic heterocycles. The second-order valence-electron chi connectivity index (χ2n) is 18.8. The third kappa shape index (κ3) is 3.99. The van der Waals surface area contributed by atoms with Crippen LogP contribution in [0.15, 0.2) is 0 Å². The lowest BCUT2D eigenvalue weighted by molar-refractivity contribution is -0.252. The Balaban J connectivity index is 1.24. The Bertz CT molecular complexity index is 1190. The highest BCUT2D eigenvalue weighted by atomic mass is 19.3. The molecule has 0 aromatic rings. The maximum atomic E-state index is 15.8. The molecule has 0 unspecified atom stereocenters. The largest absolute Gasteiger partial charge is 0.462 e. The Hall–Kier alpha value is -0.790. The molecule has 6 saturated carbocycles. The summed E-state index contributed by atoms with van der Waals surface area (Å²) in [5, 5.41) is 22.8. The van der Waals surface area contributed by atoms with Gasteiger partial charge in [0.25, 0.3) is 5.92 Å². The van der Waals surface area contributed by atoms with Crippen molar-refractivity contribution >= 4 is 5.97 Å². The smallest absolute Gasteiger partial charge is 0.306 e. The van der Waals surface area contributed by atoms with Crippen molar-refractivity contribution in [3.63, 3.8) is 0 Å². The highest BCUT2D eigenvalue weighted by Gasteiger charge is 2.86. The standard InChI is InChI=1S/C37H58F2O5/c1-30(2)29-24(43-27(41)18-22-10-8-9-11-22)19-25-33(6)20-23(40)28(34(7)13-12-26(44-34)31(3,4)42)32(33,5)14-15-35(25)21-36(29,35)16-17-37(30,38)39/h22-26,28-29,40,42H,8-21H2,1-7H3/t23-,24-,25-,26-,28-,29-,32+,33-,34-,35-,36+/m0/s1. The van der Waals surface area contributed by atoms with Gasteiger partial charge in [0.1, 0.15) is 6.10 Å². The maximum Gasteiger partial charge on any atom is 0.306 e. The van der Waals surface area contributed by atoms with Crippen molar-refractivity contribution in [2.24, 2.45) is 50.7 Å². The Kier molecular flexibility index (Phi) is 6.81. The van der Waals surface area contributed by atoms with E-state index in [2.05, 4.69) is 20.8 Å². The first-order chi connectivity index (χ1) is 20.3. The first-order valence-electron chi connectivity index (χ1n) is 17.9. The molecule has 250 valence electrons. The lowest BCUT2D eigenvalue weighted by Gasteiger charge is -2.65. The summed E-state index contributed by atoms with van der Waals surface area (Å²) in [5.74, 6) is -2.92. The van der Waals surface area contributed by atoms with Crippen LogP contribution in [0.1, 0.15) is 138 Å². The van der Waals surface area contributed by atoms with Gasteiger partial charge in [0.05, 0.1) is 23.4 Å². The minimum absolute atomic E-state index is 0.0459. The normalized spacial score (nSPS) is 52.5. The van der Waals surface area contributed by atoms with E-state index in [1.807, 2.05) is 0 Å². The van der Waals surface area contributed by atoms with E-state index in [4.69, 9.17) is 9.47 Å². The molecule has 0 aromatic heterocycles. The molecule has 1 heterocycles. The Labute approximate surface area is 263 Å².